The number of pyridine rings is 1. The third kappa shape index (κ3) is 3.77. The molecule has 3 aromatic heterocycles. The van der Waals surface area contributed by atoms with Gasteiger partial charge in [-0.1, -0.05) is 18.2 Å². The largest absolute Gasteiger partial charge is 0.337 e. The molecule has 0 aliphatic carbocycles. The third-order valence-electron chi connectivity index (χ3n) is 5.75. The number of carbonyl (C=O) groups is 1. The SMILES string of the molecule is Cc1nn(-c2ccccc2)c(C)c1CN(C)C(=O)c1cc(C)n(-c2cccnc2)c1C. The van der Waals surface area contributed by atoms with E-state index in [2.05, 4.69) is 16.5 Å². The van der Waals surface area contributed by atoms with E-state index in [9.17, 15) is 4.79 Å². The average molecular weight is 414 g/mol. The molecule has 6 nitrogen and oxygen atoms in total. The van der Waals surface area contributed by atoms with Crippen LogP contribution in [-0.2, 0) is 6.54 Å². The zero-order valence-corrected chi connectivity index (χ0v) is 18.6. The Morgan fingerprint density at radius 3 is 2.35 bits per heavy atom. The van der Waals surface area contributed by atoms with Crippen LogP contribution in [0.5, 0.6) is 0 Å². The summed E-state index contributed by atoms with van der Waals surface area (Å²) < 4.78 is 4.01. The van der Waals surface area contributed by atoms with Crippen LogP contribution < -0.4 is 0 Å². The fourth-order valence-corrected chi connectivity index (χ4v) is 4.10. The molecule has 0 bridgehead atoms. The van der Waals surface area contributed by atoms with E-state index in [1.54, 1.807) is 11.1 Å². The smallest absolute Gasteiger partial charge is 0.255 e. The minimum Gasteiger partial charge on any atom is -0.337 e. The number of nitrogens with zero attached hydrogens (tertiary/aromatic N) is 5. The van der Waals surface area contributed by atoms with Gasteiger partial charge in [-0.2, -0.15) is 5.10 Å². The topological polar surface area (TPSA) is 56.0 Å². The van der Waals surface area contributed by atoms with Gasteiger partial charge >= 0.3 is 0 Å². The van der Waals surface area contributed by atoms with Gasteiger partial charge in [0.1, 0.15) is 0 Å². The molecule has 4 aromatic rings. The van der Waals surface area contributed by atoms with Crippen LogP contribution in [0.3, 0.4) is 0 Å². The number of hydrogen-bond donors (Lipinski definition) is 0. The molecule has 0 aliphatic heterocycles. The first-order valence-corrected chi connectivity index (χ1v) is 10.3. The standard InChI is InChI=1S/C25H27N5O/c1-17-14-23(19(3)29(17)22-12-9-13-26-15-22)25(31)28(5)16-24-18(2)27-30(20(24)4)21-10-7-6-8-11-21/h6-15H,16H2,1-5H3. The Morgan fingerprint density at radius 2 is 1.68 bits per heavy atom. The second-order valence-corrected chi connectivity index (χ2v) is 7.89. The molecule has 0 N–H and O–H groups in total. The first-order chi connectivity index (χ1) is 14.9. The number of para-hydroxylation sites is 1. The molecule has 0 spiro atoms. The van der Waals surface area contributed by atoms with Gasteiger partial charge in [-0.05, 0) is 58.0 Å². The van der Waals surface area contributed by atoms with E-state index in [1.807, 2.05) is 87.2 Å². The summed E-state index contributed by atoms with van der Waals surface area (Å²) in [5, 5.41) is 4.71. The Bertz CT molecular complexity index is 1220. The van der Waals surface area contributed by atoms with E-state index in [4.69, 9.17) is 5.10 Å². The fourth-order valence-electron chi connectivity index (χ4n) is 4.10. The zero-order chi connectivity index (χ0) is 22.1. The first-order valence-electron chi connectivity index (χ1n) is 10.3. The molecular weight excluding hydrogens is 386 g/mol. The lowest BCUT2D eigenvalue weighted by molar-refractivity contribution is 0.0784. The average Bonchev–Trinajstić information content (AvgIpc) is 3.24. The molecule has 158 valence electrons. The highest BCUT2D eigenvalue weighted by molar-refractivity contribution is 5.95. The highest BCUT2D eigenvalue weighted by Crippen LogP contribution is 2.24. The molecule has 1 amide bonds. The Hall–Kier alpha value is -3.67. The molecule has 0 saturated carbocycles. The summed E-state index contributed by atoms with van der Waals surface area (Å²) in [4.78, 5) is 19.3. The normalized spacial score (nSPS) is 11.0. The molecule has 4 rings (SSSR count). The lowest BCUT2D eigenvalue weighted by atomic mass is 10.1. The van der Waals surface area contributed by atoms with Crippen LogP contribution in [0.4, 0.5) is 0 Å². The molecular formula is C25H27N5O. The molecule has 0 radical (unpaired) electrons. The highest BCUT2D eigenvalue weighted by Gasteiger charge is 2.22. The third-order valence-corrected chi connectivity index (χ3v) is 5.75. The van der Waals surface area contributed by atoms with Gasteiger partial charge in [0, 0.05) is 42.4 Å². The van der Waals surface area contributed by atoms with Gasteiger partial charge in [0.05, 0.1) is 28.8 Å². The van der Waals surface area contributed by atoms with E-state index in [1.165, 1.54) is 0 Å². The number of rotatable bonds is 5. The van der Waals surface area contributed by atoms with Crippen molar-refractivity contribution in [2.75, 3.05) is 7.05 Å². The maximum Gasteiger partial charge on any atom is 0.255 e. The van der Waals surface area contributed by atoms with E-state index in [-0.39, 0.29) is 5.91 Å². The summed E-state index contributed by atoms with van der Waals surface area (Å²) >= 11 is 0. The molecule has 31 heavy (non-hydrogen) atoms. The monoisotopic (exact) mass is 413 g/mol. The first kappa shape index (κ1) is 20.6. The maximum atomic E-state index is 13.3. The van der Waals surface area contributed by atoms with Crippen LogP contribution in [0.1, 0.15) is 38.7 Å². The fraction of sp³-hybridized carbons (Fsp3) is 0.240. The van der Waals surface area contributed by atoms with Gasteiger partial charge < -0.3 is 9.47 Å². The van der Waals surface area contributed by atoms with Crippen LogP contribution in [0, 0.1) is 27.7 Å². The maximum absolute atomic E-state index is 13.3. The predicted molar refractivity (Wildman–Crippen MR) is 122 cm³/mol. The van der Waals surface area contributed by atoms with Crippen molar-refractivity contribution in [1.82, 2.24) is 24.2 Å². The van der Waals surface area contributed by atoms with E-state index < -0.39 is 0 Å². The molecule has 3 heterocycles. The van der Waals surface area contributed by atoms with Gasteiger partial charge in [0.25, 0.3) is 5.91 Å². The number of hydrogen-bond acceptors (Lipinski definition) is 3. The quantitative estimate of drug-likeness (QED) is 0.482. The Labute approximate surface area is 182 Å². The molecule has 0 unspecified atom stereocenters. The van der Waals surface area contributed by atoms with Crippen LogP contribution in [0.15, 0.2) is 60.9 Å². The zero-order valence-electron chi connectivity index (χ0n) is 18.6. The molecule has 0 atom stereocenters. The molecule has 6 heteroatoms. The Morgan fingerprint density at radius 1 is 0.968 bits per heavy atom. The Kier molecular flexibility index (Phi) is 5.46. The van der Waals surface area contributed by atoms with E-state index in [0.717, 1.165) is 39.7 Å². The predicted octanol–water partition coefficient (Wildman–Crippen LogP) is 4.56. The number of aryl methyl sites for hydroxylation is 2. The lowest BCUT2D eigenvalue weighted by Crippen LogP contribution is -2.27. The van der Waals surface area contributed by atoms with E-state index >= 15 is 0 Å². The van der Waals surface area contributed by atoms with Gasteiger partial charge in [-0.25, -0.2) is 4.68 Å². The van der Waals surface area contributed by atoms with Gasteiger partial charge in [0.15, 0.2) is 0 Å². The van der Waals surface area contributed by atoms with Crippen LogP contribution in [0.25, 0.3) is 11.4 Å². The van der Waals surface area contributed by atoms with Crippen LogP contribution in [-0.4, -0.2) is 37.2 Å². The molecule has 0 aliphatic rings. The van der Waals surface area contributed by atoms with Crippen molar-refractivity contribution in [2.24, 2.45) is 0 Å². The summed E-state index contributed by atoms with van der Waals surface area (Å²) in [7, 11) is 1.84. The number of aromatic nitrogens is 4. The molecule has 0 saturated heterocycles. The minimum absolute atomic E-state index is 0.00509. The van der Waals surface area contributed by atoms with Gasteiger partial charge in [-0.3, -0.25) is 9.78 Å². The number of carbonyl (C=O) groups excluding carboxylic acids is 1. The summed E-state index contributed by atoms with van der Waals surface area (Å²) in [6.45, 7) is 8.53. The summed E-state index contributed by atoms with van der Waals surface area (Å²) in [6.07, 6.45) is 3.56. The number of amides is 1. The van der Waals surface area contributed by atoms with Crippen LogP contribution in [0.2, 0.25) is 0 Å². The van der Waals surface area contributed by atoms with Crippen LogP contribution >= 0.6 is 0 Å². The lowest BCUT2D eigenvalue weighted by Gasteiger charge is -2.18. The summed E-state index contributed by atoms with van der Waals surface area (Å²) in [6, 6.07) is 15.9. The number of benzene rings is 1. The van der Waals surface area contributed by atoms with Crippen molar-refractivity contribution in [1.29, 1.82) is 0 Å². The molecule has 1 aromatic carbocycles. The summed E-state index contributed by atoms with van der Waals surface area (Å²) in [5.74, 6) is -0.00509. The van der Waals surface area contributed by atoms with Crippen molar-refractivity contribution >= 4 is 5.91 Å². The van der Waals surface area contributed by atoms with Crippen molar-refractivity contribution in [3.63, 3.8) is 0 Å². The summed E-state index contributed by atoms with van der Waals surface area (Å²) in [5.41, 5.74) is 7.64. The second-order valence-electron chi connectivity index (χ2n) is 7.89. The van der Waals surface area contributed by atoms with Crippen molar-refractivity contribution in [3.8, 4) is 11.4 Å². The van der Waals surface area contributed by atoms with E-state index in [0.29, 0.717) is 12.1 Å². The van der Waals surface area contributed by atoms with Crippen molar-refractivity contribution < 1.29 is 4.79 Å². The van der Waals surface area contributed by atoms with Gasteiger partial charge in [-0.15, -0.1) is 0 Å². The molecule has 0 fully saturated rings. The van der Waals surface area contributed by atoms with Crippen molar-refractivity contribution in [3.05, 3.63) is 94.8 Å². The minimum atomic E-state index is -0.00509. The highest BCUT2D eigenvalue weighted by atomic mass is 16.2. The Balaban J connectivity index is 1.62. The van der Waals surface area contributed by atoms with Gasteiger partial charge in [0.2, 0.25) is 0 Å². The van der Waals surface area contributed by atoms with Crippen molar-refractivity contribution in [2.45, 2.75) is 34.2 Å². The second kappa shape index (κ2) is 8.22.